The summed E-state index contributed by atoms with van der Waals surface area (Å²) < 4.78 is 0. The second kappa shape index (κ2) is 2.25. The van der Waals surface area contributed by atoms with Crippen LogP contribution >= 0.6 is 0 Å². The zero-order valence-corrected chi connectivity index (χ0v) is 7.14. The van der Waals surface area contributed by atoms with Gasteiger partial charge in [0, 0.05) is 12.0 Å². The Balaban J connectivity index is 2.21. The Morgan fingerprint density at radius 3 is 2.36 bits per heavy atom. The highest BCUT2D eigenvalue weighted by atomic mass is 15.2. The smallest absolute Gasteiger partial charge is 0.0439 e. The van der Waals surface area contributed by atoms with Crippen molar-refractivity contribution in [1.82, 2.24) is 4.90 Å². The third kappa shape index (κ3) is 0.973. The summed E-state index contributed by atoms with van der Waals surface area (Å²) in [4.78, 5) is 2.50. The molecule has 0 aliphatic carbocycles. The fourth-order valence-electron chi connectivity index (χ4n) is 2.49. The zero-order valence-electron chi connectivity index (χ0n) is 7.14. The van der Waals surface area contributed by atoms with Gasteiger partial charge in [0.2, 0.25) is 0 Å². The first-order valence-electron chi connectivity index (χ1n) is 4.45. The van der Waals surface area contributed by atoms with Crippen molar-refractivity contribution in [2.45, 2.75) is 19.8 Å². The van der Waals surface area contributed by atoms with Crippen LogP contribution < -0.4 is 0 Å². The molecule has 3 aliphatic rings. The maximum absolute atomic E-state index is 5.55. The number of fused-ring (bicyclic) bond motifs is 3. The van der Waals surface area contributed by atoms with E-state index in [9.17, 15) is 0 Å². The van der Waals surface area contributed by atoms with Crippen LogP contribution in [-0.4, -0.2) is 24.5 Å². The molecule has 1 nitrogen and oxygen atoms in total. The molecule has 0 aromatic carbocycles. The molecule has 0 N–H and O–H groups in total. The molecule has 0 aromatic heterocycles. The molecular weight excluding hydrogens is 134 g/mol. The van der Waals surface area contributed by atoms with Crippen LogP contribution in [0.1, 0.15) is 19.8 Å². The number of nitrogens with zero attached hydrogens (tertiary/aromatic N) is 1. The Morgan fingerprint density at radius 2 is 2.09 bits per heavy atom. The Labute approximate surface area is 68.8 Å². The molecule has 0 radical (unpaired) electrons. The number of hydrogen-bond donors (Lipinski definition) is 0. The van der Waals surface area contributed by atoms with E-state index in [1.54, 1.807) is 0 Å². The van der Waals surface area contributed by atoms with Crippen molar-refractivity contribution in [1.29, 1.82) is 0 Å². The van der Waals surface area contributed by atoms with Crippen molar-refractivity contribution in [2.24, 2.45) is 11.3 Å². The average Bonchev–Trinajstić information content (AvgIpc) is 2.06. The van der Waals surface area contributed by atoms with Crippen LogP contribution in [0, 0.1) is 23.7 Å². The summed E-state index contributed by atoms with van der Waals surface area (Å²) >= 11 is 0. The van der Waals surface area contributed by atoms with Gasteiger partial charge in [0.05, 0.1) is 0 Å². The van der Waals surface area contributed by atoms with Gasteiger partial charge in [-0.1, -0.05) is 5.92 Å². The molecule has 3 aliphatic heterocycles. The Bertz CT molecular complexity index is 195. The van der Waals surface area contributed by atoms with Crippen LogP contribution in [0.25, 0.3) is 0 Å². The molecule has 3 fully saturated rings. The average molecular weight is 149 g/mol. The molecule has 1 atom stereocenters. The summed E-state index contributed by atoms with van der Waals surface area (Å²) in [6.45, 7) is 5.93. The molecule has 0 aromatic rings. The monoisotopic (exact) mass is 149 g/mol. The van der Waals surface area contributed by atoms with Crippen molar-refractivity contribution in [3.63, 3.8) is 0 Å². The molecule has 3 saturated heterocycles. The van der Waals surface area contributed by atoms with Crippen molar-refractivity contribution >= 4 is 0 Å². The molecule has 60 valence electrons. The summed E-state index contributed by atoms with van der Waals surface area (Å²) in [5.74, 6) is 3.77. The SMILES string of the molecule is C#CC1(C)CN2CCC1CC2. The zero-order chi connectivity index (χ0) is 7.90. The lowest BCUT2D eigenvalue weighted by Crippen LogP contribution is -2.52. The van der Waals surface area contributed by atoms with Gasteiger partial charge in [-0.25, -0.2) is 0 Å². The van der Waals surface area contributed by atoms with Gasteiger partial charge in [0.25, 0.3) is 0 Å². The first-order chi connectivity index (χ1) is 5.24. The minimum atomic E-state index is 0.191. The van der Waals surface area contributed by atoms with Crippen LogP contribution in [0.5, 0.6) is 0 Å². The number of rotatable bonds is 0. The Morgan fingerprint density at radius 1 is 1.45 bits per heavy atom. The largest absolute Gasteiger partial charge is 0.302 e. The van der Waals surface area contributed by atoms with E-state index in [4.69, 9.17) is 6.42 Å². The number of terminal acetylenes is 1. The molecule has 0 saturated carbocycles. The van der Waals surface area contributed by atoms with Crippen molar-refractivity contribution < 1.29 is 0 Å². The number of piperidine rings is 3. The summed E-state index contributed by atoms with van der Waals surface area (Å²) in [5.41, 5.74) is 0.191. The Kier molecular flexibility index (Phi) is 1.47. The summed E-state index contributed by atoms with van der Waals surface area (Å²) in [5, 5.41) is 0. The van der Waals surface area contributed by atoms with E-state index in [2.05, 4.69) is 17.7 Å². The minimum absolute atomic E-state index is 0.191. The van der Waals surface area contributed by atoms with E-state index in [0.29, 0.717) is 0 Å². The first kappa shape index (κ1) is 7.18. The van der Waals surface area contributed by atoms with Crippen molar-refractivity contribution in [3.8, 4) is 12.3 Å². The molecular formula is C10H15N. The quantitative estimate of drug-likeness (QED) is 0.470. The van der Waals surface area contributed by atoms with Crippen LogP contribution in [0.2, 0.25) is 0 Å². The molecule has 0 spiro atoms. The summed E-state index contributed by atoms with van der Waals surface area (Å²) in [6, 6.07) is 0. The van der Waals surface area contributed by atoms with Crippen LogP contribution in [0.4, 0.5) is 0 Å². The van der Waals surface area contributed by atoms with Gasteiger partial charge in [-0.15, -0.1) is 6.42 Å². The highest BCUT2D eigenvalue weighted by molar-refractivity contribution is 5.11. The van der Waals surface area contributed by atoms with Gasteiger partial charge in [0.15, 0.2) is 0 Å². The maximum atomic E-state index is 5.55. The van der Waals surface area contributed by atoms with Gasteiger partial charge in [0.1, 0.15) is 0 Å². The standard InChI is InChI=1S/C10H15N/c1-3-10(2)8-11-6-4-9(10)5-7-11/h1,9H,4-8H2,2H3. The molecule has 1 heteroatoms. The predicted molar refractivity (Wildman–Crippen MR) is 46.1 cm³/mol. The summed E-state index contributed by atoms with van der Waals surface area (Å²) in [6.07, 6.45) is 8.19. The third-order valence-electron chi connectivity index (χ3n) is 3.37. The van der Waals surface area contributed by atoms with Gasteiger partial charge in [-0.05, 0) is 38.8 Å². The van der Waals surface area contributed by atoms with Crippen LogP contribution in [0.3, 0.4) is 0 Å². The molecule has 1 unspecified atom stereocenters. The van der Waals surface area contributed by atoms with E-state index >= 15 is 0 Å². The lowest BCUT2D eigenvalue weighted by molar-refractivity contribution is 0.0205. The predicted octanol–water partition coefficient (Wildman–Crippen LogP) is 1.35. The summed E-state index contributed by atoms with van der Waals surface area (Å²) in [7, 11) is 0. The molecule has 11 heavy (non-hydrogen) atoms. The minimum Gasteiger partial charge on any atom is -0.302 e. The molecule has 0 amide bonds. The topological polar surface area (TPSA) is 3.24 Å². The van der Waals surface area contributed by atoms with Gasteiger partial charge in [-0.2, -0.15) is 0 Å². The highest BCUT2D eigenvalue weighted by Gasteiger charge is 2.41. The lowest BCUT2D eigenvalue weighted by Gasteiger charge is -2.49. The van der Waals surface area contributed by atoms with Gasteiger partial charge >= 0.3 is 0 Å². The van der Waals surface area contributed by atoms with E-state index < -0.39 is 0 Å². The van der Waals surface area contributed by atoms with Gasteiger partial charge in [-0.3, -0.25) is 0 Å². The van der Waals surface area contributed by atoms with E-state index in [1.807, 2.05) is 0 Å². The van der Waals surface area contributed by atoms with Crippen LogP contribution in [-0.2, 0) is 0 Å². The second-order valence-electron chi connectivity index (χ2n) is 4.11. The van der Waals surface area contributed by atoms with Crippen molar-refractivity contribution in [3.05, 3.63) is 0 Å². The van der Waals surface area contributed by atoms with Gasteiger partial charge < -0.3 is 4.90 Å². The molecule has 2 bridgehead atoms. The Hall–Kier alpha value is -0.480. The fourth-order valence-corrected chi connectivity index (χ4v) is 2.49. The van der Waals surface area contributed by atoms with Crippen LogP contribution in [0.15, 0.2) is 0 Å². The first-order valence-corrected chi connectivity index (χ1v) is 4.45. The van der Waals surface area contributed by atoms with E-state index in [1.165, 1.54) is 25.9 Å². The second-order valence-corrected chi connectivity index (χ2v) is 4.11. The normalized spacial score (nSPS) is 48.7. The lowest BCUT2D eigenvalue weighted by atomic mass is 9.68. The van der Waals surface area contributed by atoms with Crippen molar-refractivity contribution in [2.75, 3.05) is 19.6 Å². The fraction of sp³-hybridized carbons (Fsp3) is 0.800. The van der Waals surface area contributed by atoms with E-state index in [0.717, 1.165) is 12.5 Å². The third-order valence-corrected chi connectivity index (χ3v) is 3.37. The van der Waals surface area contributed by atoms with E-state index in [-0.39, 0.29) is 5.41 Å². The molecule has 3 heterocycles. The molecule has 3 rings (SSSR count). The highest BCUT2D eigenvalue weighted by Crippen LogP contribution is 2.40. The maximum Gasteiger partial charge on any atom is 0.0439 e. The number of hydrogen-bond acceptors (Lipinski definition) is 1.